The average Bonchev–Trinajstić information content (AvgIpc) is 2.78. The summed E-state index contributed by atoms with van der Waals surface area (Å²) < 4.78 is 0. The van der Waals surface area contributed by atoms with Gasteiger partial charge >= 0.3 is 5.97 Å². The second-order valence-corrected chi connectivity index (χ2v) is 9.76. The number of aromatic hydroxyl groups is 1. The average molecular weight is 433 g/mol. The number of hydrogen-bond acceptors (Lipinski definition) is 4. The van der Waals surface area contributed by atoms with Gasteiger partial charge in [-0.1, -0.05) is 49.4 Å². The smallest absolute Gasteiger partial charge is 0.322 e. The number of benzene rings is 2. The van der Waals surface area contributed by atoms with E-state index in [-0.39, 0.29) is 17.9 Å². The SMILES string of the molecule is C[C@H]1C2C3=C(NCC(=O)O)C(Cc4ccccc4)CN2CCC1(c1cccc(O)c1)CC3. The first kappa shape index (κ1) is 21.1. The third kappa shape index (κ3) is 3.58. The summed E-state index contributed by atoms with van der Waals surface area (Å²) in [5, 5.41) is 22.9. The number of phenolic OH excluding ortho intramolecular Hbond substituents is 1. The van der Waals surface area contributed by atoms with Gasteiger partial charge in [0.15, 0.2) is 0 Å². The molecule has 3 unspecified atom stereocenters. The van der Waals surface area contributed by atoms with Crippen LogP contribution in [0.4, 0.5) is 0 Å². The Morgan fingerprint density at radius 2 is 1.97 bits per heavy atom. The van der Waals surface area contributed by atoms with Gasteiger partial charge in [-0.2, -0.15) is 0 Å². The molecule has 5 rings (SSSR count). The van der Waals surface area contributed by atoms with Crippen molar-refractivity contribution in [1.82, 2.24) is 10.2 Å². The van der Waals surface area contributed by atoms with Gasteiger partial charge in [-0.15, -0.1) is 0 Å². The lowest BCUT2D eigenvalue weighted by Crippen LogP contribution is -2.62. The van der Waals surface area contributed by atoms with Crippen molar-refractivity contribution in [3.05, 3.63) is 77.0 Å². The molecule has 3 N–H and O–H groups in total. The van der Waals surface area contributed by atoms with Crippen molar-refractivity contribution in [3.63, 3.8) is 0 Å². The van der Waals surface area contributed by atoms with Crippen molar-refractivity contribution in [1.29, 1.82) is 0 Å². The van der Waals surface area contributed by atoms with Gasteiger partial charge in [-0.05, 0) is 67.0 Å². The summed E-state index contributed by atoms with van der Waals surface area (Å²) in [5.74, 6) is 0.200. The van der Waals surface area contributed by atoms with Crippen LogP contribution in [-0.2, 0) is 16.6 Å². The van der Waals surface area contributed by atoms with Crippen LogP contribution >= 0.6 is 0 Å². The lowest BCUT2D eigenvalue weighted by Gasteiger charge is -2.59. The number of carboxylic acid groups (broad SMARTS) is 1. The summed E-state index contributed by atoms with van der Waals surface area (Å²) in [4.78, 5) is 14.0. The van der Waals surface area contributed by atoms with E-state index >= 15 is 0 Å². The Labute approximate surface area is 189 Å². The Morgan fingerprint density at radius 3 is 2.72 bits per heavy atom. The largest absolute Gasteiger partial charge is 0.508 e. The number of hydrogen-bond donors (Lipinski definition) is 3. The van der Waals surface area contributed by atoms with Gasteiger partial charge in [0.05, 0.1) is 0 Å². The lowest BCUT2D eigenvalue weighted by atomic mass is 9.55. The van der Waals surface area contributed by atoms with Crippen LogP contribution in [0.5, 0.6) is 5.75 Å². The van der Waals surface area contributed by atoms with Gasteiger partial charge in [-0.25, -0.2) is 0 Å². The standard InChI is InChI=1S/C27H32N2O3/c1-18-26-23-10-11-27(18,21-8-5-9-22(30)15-21)12-13-29(26)17-20(25(23)28-16-24(31)32)14-19-6-3-2-4-7-19/h2-9,15,18,20,26,28,30H,10-14,16-17H2,1H3,(H,31,32)/t18-,20?,26?,27?/m0/s1. The molecule has 2 aliphatic heterocycles. The maximum absolute atomic E-state index is 11.4. The quantitative estimate of drug-likeness (QED) is 0.645. The zero-order valence-electron chi connectivity index (χ0n) is 18.6. The van der Waals surface area contributed by atoms with Crippen LogP contribution in [0.15, 0.2) is 65.9 Å². The molecule has 1 saturated carbocycles. The third-order valence-corrected chi connectivity index (χ3v) is 8.17. The summed E-state index contributed by atoms with van der Waals surface area (Å²) in [5.41, 5.74) is 5.17. The minimum absolute atomic E-state index is 0.0388. The summed E-state index contributed by atoms with van der Waals surface area (Å²) in [7, 11) is 0. The first-order chi connectivity index (χ1) is 15.5. The number of rotatable bonds is 6. The molecule has 32 heavy (non-hydrogen) atoms. The molecule has 1 aliphatic carbocycles. The highest BCUT2D eigenvalue weighted by atomic mass is 16.4. The minimum Gasteiger partial charge on any atom is -0.508 e. The Hall–Kier alpha value is -2.79. The molecule has 168 valence electrons. The van der Waals surface area contributed by atoms with E-state index in [0.717, 1.165) is 44.5 Å². The number of phenols is 1. The first-order valence-corrected chi connectivity index (χ1v) is 11.7. The zero-order valence-corrected chi connectivity index (χ0v) is 18.6. The van der Waals surface area contributed by atoms with Gasteiger partial charge in [0.2, 0.25) is 0 Å². The highest BCUT2D eigenvalue weighted by Crippen LogP contribution is 2.55. The molecule has 3 aliphatic rings. The molecule has 2 heterocycles. The predicted octanol–water partition coefficient (Wildman–Crippen LogP) is 3.94. The molecule has 0 spiro atoms. The summed E-state index contributed by atoms with van der Waals surface area (Å²) >= 11 is 0. The van der Waals surface area contributed by atoms with Gasteiger partial charge in [-0.3, -0.25) is 9.69 Å². The summed E-state index contributed by atoms with van der Waals surface area (Å²) in [6, 6.07) is 18.7. The number of nitrogens with zero attached hydrogens (tertiary/aromatic N) is 1. The number of carbonyl (C=O) groups is 1. The fraction of sp³-hybridized carbons (Fsp3) is 0.444. The van der Waals surface area contributed by atoms with Crippen LogP contribution in [0.2, 0.25) is 0 Å². The molecule has 2 aromatic rings. The predicted molar refractivity (Wildman–Crippen MR) is 124 cm³/mol. The van der Waals surface area contributed by atoms with Crippen LogP contribution in [0.3, 0.4) is 0 Å². The van der Waals surface area contributed by atoms with E-state index in [1.165, 1.54) is 16.7 Å². The van der Waals surface area contributed by atoms with E-state index in [4.69, 9.17) is 0 Å². The van der Waals surface area contributed by atoms with E-state index in [1.807, 2.05) is 18.2 Å². The van der Waals surface area contributed by atoms with Crippen LogP contribution in [0, 0.1) is 11.8 Å². The number of fused-ring (bicyclic) bond motifs is 1. The fourth-order valence-electron chi connectivity index (χ4n) is 6.71. The Bertz CT molecular complexity index is 1030. The number of aliphatic carboxylic acids is 1. The molecular formula is C27H32N2O3. The van der Waals surface area contributed by atoms with E-state index in [0.29, 0.717) is 17.7 Å². The molecule has 1 saturated heterocycles. The highest BCUT2D eigenvalue weighted by Gasteiger charge is 2.53. The molecule has 5 nitrogen and oxygen atoms in total. The Balaban J connectivity index is 1.52. The second kappa shape index (κ2) is 8.28. The molecule has 0 radical (unpaired) electrons. The molecule has 0 aromatic heterocycles. The topological polar surface area (TPSA) is 72.8 Å². The molecular weight excluding hydrogens is 400 g/mol. The monoisotopic (exact) mass is 432 g/mol. The Kier molecular flexibility index (Phi) is 5.46. The maximum atomic E-state index is 11.4. The Morgan fingerprint density at radius 1 is 1.16 bits per heavy atom. The lowest BCUT2D eigenvalue weighted by molar-refractivity contribution is -0.135. The summed E-state index contributed by atoms with van der Waals surface area (Å²) in [6.45, 7) is 4.30. The maximum Gasteiger partial charge on any atom is 0.322 e. The number of nitrogens with one attached hydrogen (secondary N) is 1. The third-order valence-electron chi connectivity index (χ3n) is 8.17. The van der Waals surface area contributed by atoms with Crippen molar-refractivity contribution >= 4 is 5.97 Å². The van der Waals surface area contributed by atoms with E-state index in [2.05, 4.69) is 47.5 Å². The normalized spacial score (nSPS) is 29.6. The molecule has 2 fully saturated rings. The minimum atomic E-state index is -0.819. The van der Waals surface area contributed by atoms with Crippen molar-refractivity contribution in [2.24, 2.45) is 11.8 Å². The van der Waals surface area contributed by atoms with Crippen LogP contribution in [0.1, 0.15) is 37.3 Å². The van der Waals surface area contributed by atoms with Crippen molar-refractivity contribution < 1.29 is 15.0 Å². The van der Waals surface area contributed by atoms with Crippen LogP contribution < -0.4 is 5.32 Å². The van der Waals surface area contributed by atoms with Crippen molar-refractivity contribution in [3.8, 4) is 5.75 Å². The first-order valence-electron chi connectivity index (χ1n) is 11.7. The summed E-state index contributed by atoms with van der Waals surface area (Å²) in [6.07, 6.45) is 4.01. The van der Waals surface area contributed by atoms with Crippen molar-refractivity contribution in [2.45, 2.75) is 44.1 Å². The fourth-order valence-corrected chi connectivity index (χ4v) is 6.71. The molecule has 4 atom stereocenters. The van der Waals surface area contributed by atoms with E-state index < -0.39 is 5.97 Å². The molecule has 2 bridgehead atoms. The number of carboxylic acids is 1. The van der Waals surface area contributed by atoms with E-state index in [1.54, 1.807) is 6.07 Å². The van der Waals surface area contributed by atoms with Crippen LogP contribution in [-0.4, -0.2) is 46.8 Å². The molecule has 0 amide bonds. The van der Waals surface area contributed by atoms with Gasteiger partial charge in [0, 0.05) is 29.6 Å². The molecule has 5 heteroatoms. The van der Waals surface area contributed by atoms with Crippen LogP contribution in [0.25, 0.3) is 0 Å². The molecule has 2 aromatic carbocycles. The van der Waals surface area contributed by atoms with Gasteiger partial charge in [0.25, 0.3) is 0 Å². The zero-order chi connectivity index (χ0) is 22.3. The van der Waals surface area contributed by atoms with Crippen molar-refractivity contribution in [2.75, 3.05) is 19.6 Å². The highest BCUT2D eigenvalue weighted by molar-refractivity contribution is 5.69. The van der Waals surface area contributed by atoms with E-state index in [9.17, 15) is 15.0 Å². The number of piperidine rings is 1. The second-order valence-electron chi connectivity index (χ2n) is 9.76. The van der Waals surface area contributed by atoms with Gasteiger partial charge < -0.3 is 15.5 Å². The van der Waals surface area contributed by atoms with Gasteiger partial charge in [0.1, 0.15) is 12.3 Å².